The zero-order valence-electron chi connectivity index (χ0n) is 10.00. The van der Waals surface area contributed by atoms with Crippen LogP contribution >= 0.6 is 15.9 Å². The number of carbonyl (C=O) groups excluding carboxylic acids is 1. The standard InChI is InChI=1S/C12H9BrN2O5/c13-8-9(11(16)17)15-20-10(8)14-12(18)19-6-7-4-2-1-3-5-7/h1-5H,6H2,(H,14,18)(H,16,17). The summed E-state index contributed by atoms with van der Waals surface area (Å²) in [4.78, 5) is 22.3. The Hall–Kier alpha value is -2.35. The van der Waals surface area contributed by atoms with Gasteiger partial charge in [-0.1, -0.05) is 35.5 Å². The molecule has 0 atom stereocenters. The Labute approximate surface area is 121 Å². The minimum atomic E-state index is -1.27. The van der Waals surface area contributed by atoms with Crippen LogP contribution in [-0.2, 0) is 11.3 Å². The molecule has 0 saturated heterocycles. The number of amides is 1. The highest BCUT2D eigenvalue weighted by Crippen LogP contribution is 2.26. The Morgan fingerprint density at radius 3 is 2.65 bits per heavy atom. The summed E-state index contributed by atoms with van der Waals surface area (Å²) in [6.45, 7) is 0.0875. The molecule has 0 aliphatic rings. The molecule has 0 aliphatic carbocycles. The van der Waals surface area contributed by atoms with Crippen LogP contribution in [0.25, 0.3) is 0 Å². The summed E-state index contributed by atoms with van der Waals surface area (Å²) >= 11 is 2.97. The van der Waals surface area contributed by atoms with Gasteiger partial charge in [0.2, 0.25) is 11.6 Å². The third-order valence-corrected chi connectivity index (χ3v) is 3.00. The summed E-state index contributed by atoms with van der Waals surface area (Å²) in [5.74, 6) is -1.40. The highest BCUT2D eigenvalue weighted by molar-refractivity contribution is 9.10. The average molecular weight is 341 g/mol. The number of carboxylic acid groups (broad SMARTS) is 1. The molecule has 1 heterocycles. The summed E-state index contributed by atoms with van der Waals surface area (Å²) in [5.41, 5.74) is 0.494. The molecular weight excluding hydrogens is 332 g/mol. The van der Waals surface area contributed by atoms with Crippen LogP contribution in [0.1, 0.15) is 16.1 Å². The number of hydrogen-bond donors (Lipinski definition) is 2. The van der Waals surface area contributed by atoms with Crippen molar-refractivity contribution in [2.24, 2.45) is 0 Å². The lowest BCUT2D eigenvalue weighted by atomic mass is 10.2. The van der Waals surface area contributed by atoms with Gasteiger partial charge in [-0.05, 0) is 21.5 Å². The van der Waals surface area contributed by atoms with Crippen molar-refractivity contribution in [2.75, 3.05) is 5.32 Å². The van der Waals surface area contributed by atoms with Crippen molar-refractivity contribution >= 4 is 33.9 Å². The number of anilines is 1. The molecular formula is C12H9BrN2O5. The van der Waals surface area contributed by atoms with E-state index in [2.05, 4.69) is 30.9 Å². The zero-order chi connectivity index (χ0) is 14.5. The Bertz CT molecular complexity index is 626. The third-order valence-electron chi connectivity index (χ3n) is 2.27. The number of nitrogens with one attached hydrogen (secondary N) is 1. The number of hydrogen-bond acceptors (Lipinski definition) is 5. The van der Waals surface area contributed by atoms with Crippen molar-refractivity contribution in [3.8, 4) is 0 Å². The summed E-state index contributed by atoms with van der Waals surface area (Å²) in [6, 6.07) is 9.11. The molecule has 0 bridgehead atoms. The lowest BCUT2D eigenvalue weighted by Crippen LogP contribution is -2.13. The molecule has 0 fully saturated rings. The summed E-state index contributed by atoms with van der Waals surface area (Å²) in [6.07, 6.45) is -0.775. The van der Waals surface area contributed by atoms with Crippen LogP contribution in [0, 0.1) is 0 Å². The monoisotopic (exact) mass is 340 g/mol. The first kappa shape index (κ1) is 14.1. The van der Waals surface area contributed by atoms with Crippen molar-refractivity contribution in [1.82, 2.24) is 5.16 Å². The molecule has 2 aromatic rings. The molecule has 7 nitrogen and oxygen atoms in total. The number of benzene rings is 1. The molecule has 20 heavy (non-hydrogen) atoms. The van der Waals surface area contributed by atoms with Crippen LogP contribution in [0.5, 0.6) is 0 Å². The van der Waals surface area contributed by atoms with Crippen molar-refractivity contribution < 1.29 is 24.0 Å². The molecule has 2 rings (SSSR count). The maximum absolute atomic E-state index is 11.5. The maximum Gasteiger partial charge on any atom is 0.414 e. The van der Waals surface area contributed by atoms with Gasteiger partial charge in [0, 0.05) is 0 Å². The highest BCUT2D eigenvalue weighted by Gasteiger charge is 2.21. The van der Waals surface area contributed by atoms with Gasteiger partial charge in [0.1, 0.15) is 11.1 Å². The SMILES string of the molecule is O=C(Nc1onc(C(=O)O)c1Br)OCc1ccccc1. The number of ether oxygens (including phenoxy) is 1. The summed E-state index contributed by atoms with van der Waals surface area (Å²) < 4.78 is 9.68. The number of aromatic carboxylic acids is 1. The zero-order valence-corrected chi connectivity index (χ0v) is 11.6. The number of rotatable bonds is 4. The molecule has 1 amide bonds. The van der Waals surface area contributed by atoms with Gasteiger partial charge in [0.25, 0.3) is 0 Å². The Balaban J connectivity index is 1.93. The first-order valence-corrected chi connectivity index (χ1v) is 6.23. The fraction of sp³-hybridized carbons (Fsp3) is 0.0833. The van der Waals surface area contributed by atoms with E-state index < -0.39 is 12.1 Å². The summed E-state index contributed by atoms with van der Waals surface area (Å²) in [5, 5.41) is 14.3. The van der Waals surface area contributed by atoms with Gasteiger partial charge >= 0.3 is 12.1 Å². The third kappa shape index (κ3) is 3.35. The first-order valence-electron chi connectivity index (χ1n) is 5.44. The fourth-order valence-corrected chi connectivity index (χ4v) is 1.75. The molecule has 1 aromatic heterocycles. The van der Waals surface area contributed by atoms with Gasteiger partial charge in [-0.25, -0.2) is 9.59 Å². The normalized spacial score (nSPS) is 10.1. The molecule has 8 heteroatoms. The lowest BCUT2D eigenvalue weighted by Gasteiger charge is -2.04. The molecule has 0 aliphatic heterocycles. The summed E-state index contributed by atoms with van der Waals surface area (Å²) in [7, 11) is 0. The average Bonchev–Trinajstić information content (AvgIpc) is 2.79. The van der Waals surface area contributed by atoms with Crippen LogP contribution in [-0.4, -0.2) is 22.3 Å². The van der Waals surface area contributed by atoms with Crippen LogP contribution in [0.15, 0.2) is 39.3 Å². The van der Waals surface area contributed by atoms with E-state index >= 15 is 0 Å². The highest BCUT2D eigenvalue weighted by atomic mass is 79.9. The van der Waals surface area contributed by atoms with Gasteiger partial charge in [-0.2, -0.15) is 0 Å². The second kappa shape index (κ2) is 6.20. The Morgan fingerprint density at radius 1 is 1.35 bits per heavy atom. The molecule has 0 spiro atoms. The van der Waals surface area contributed by atoms with E-state index in [1.807, 2.05) is 18.2 Å². The minimum absolute atomic E-state index is 0.0432. The maximum atomic E-state index is 11.5. The first-order chi connectivity index (χ1) is 9.58. The Kier molecular flexibility index (Phi) is 4.36. The van der Waals surface area contributed by atoms with Crippen molar-refractivity contribution in [3.63, 3.8) is 0 Å². The van der Waals surface area contributed by atoms with Crippen LogP contribution in [0.3, 0.4) is 0 Å². The quantitative estimate of drug-likeness (QED) is 0.887. The number of nitrogens with zero attached hydrogens (tertiary/aromatic N) is 1. The molecule has 0 radical (unpaired) electrons. The van der Waals surface area contributed by atoms with Gasteiger partial charge in [0.15, 0.2) is 0 Å². The largest absolute Gasteiger partial charge is 0.476 e. The van der Waals surface area contributed by atoms with Crippen LogP contribution < -0.4 is 5.32 Å². The van der Waals surface area contributed by atoms with Crippen molar-refractivity contribution in [2.45, 2.75) is 6.61 Å². The second-order valence-corrected chi connectivity index (χ2v) is 4.46. The van der Waals surface area contributed by atoms with Gasteiger partial charge < -0.3 is 14.4 Å². The molecule has 104 valence electrons. The van der Waals surface area contributed by atoms with Crippen LogP contribution in [0.4, 0.5) is 10.7 Å². The van der Waals surface area contributed by atoms with E-state index in [1.165, 1.54) is 0 Å². The van der Waals surface area contributed by atoms with Crippen LogP contribution in [0.2, 0.25) is 0 Å². The molecule has 2 N–H and O–H groups in total. The van der Waals surface area contributed by atoms with E-state index in [0.29, 0.717) is 0 Å². The minimum Gasteiger partial charge on any atom is -0.476 e. The number of halogens is 1. The van der Waals surface area contributed by atoms with Gasteiger partial charge in [-0.15, -0.1) is 0 Å². The van der Waals surface area contributed by atoms with E-state index in [9.17, 15) is 9.59 Å². The van der Waals surface area contributed by atoms with E-state index in [4.69, 9.17) is 9.84 Å². The number of carboxylic acids is 1. The smallest absolute Gasteiger partial charge is 0.414 e. The predicted molar refractivity (Wildman–Crippen MR) is 71.4 cm³/mol. The number of aromatic nitrogens is 1. The fourth-order valence-electron chi connectivity index (χ4n) is 1.34. The van der Waals surface area contributed by atoms with E-state index in [1.54, 1.807) is 12.1 Å². The molecule has 0 saturated carbocycles. The van der Waals surface area contributed by atoms with Gasteiger partial charge in [-0.3, -0.25) is 5.32 Å². The predicted octanol–water partition coefficient (Wildman–Crippen LogP) is 2.88. The topological polar surface area (TPSA) is 102 Å². The molecule has 1 aromatic carbocycles. The van der Waals surface area contributed by atoms with Crippen molar-refractivity contribution in [3.05, 3.63) is 46.1 Å². The molecule has 0 unspecified atom stereocenters. The second-order valence-electron chi connectivity index (χ2n) is 3.67. The Morgan fingerprint density at radius 2 is 2.05 bits per heavy atom. The van der Waals surface area contributed by atoms with Crippen molar-refractivity contribution in [1.29, 1.82) is 0 Å². The lowest BCUT2D eigenvalue weighted by molar-refractivity contribution is 0.0685. The van der Waals surface area contributed by atoms with E-state index in [-0.39, 0.29) is 22.7 Å². The van der Waals surface area contributed by atoms with Gasteiger partial charge in [0.05, 0.1) is 0 Å². The van der Waals surface area contributed by atoms with E-state index in [0.717, 1.165) is 5.56 Å². The number of carbonyl (C=O) groups is 2.